The van der Waals surface area contributed by atoms with Crippen LogP contribution in [0.1, 0.15) is 18.1 Å². The van der Waals surface area contributed by atoms with Gasteiger partial charge in [0.15, 0.2) is 11.0 Å². The molecule has 0 bridgehead atoms. The zero-order valence-electron chi connectivity index (χ0n) is 15.7. The number of para-hydroxylation sites is 1. The van der Waals surface area contributed by atoms with Crippen molar-refractivity contribution in [2.24, 2.45) is 7.05 Å². The predicted molar refractivity (Wildman–Crippen MR) is 107 cm³/mol. The number of nitrogens with zero attached hydrogens (tertiary/aromatic N) is 5. The van der Waals surface area contributed by atoms with Crippen molar-refractivity contribution >= 4 is 11.8 Å². The SMILES string of the molecule is COc1ccccc1-c1nnc(SC(C)c2nnc(-c3ccccc3)o2)n1C. The molecule has 1 unspecified atom stereocenters. The summed E-state index contributed by atoms with van der Waals surface area (Å²) >= 11 is 1.51. The van der Waals surface area contributed by atoms with Crippen molar-refractivity contribution in [3.05, 3.63) is 60.5 Å². The minimum atomic E-state index is -0.0709. The molecule has 7 nitrogen and oxygen atoms in total. The molecular formula is C20H19N5O2S. The normalized spacial score (nSPS) is 12.1. The van der Waals surface area contributed by atoms with E-state index >= 15 is 0 Å². The number of ether oxygens (including phenoxy) is 1. The smallest absolute Gasteiger partial charge is 0.247 e. The summed E-state index contributed by atoms with van der Waals surface area (Å²) in [5.74, 6) is 2.55. The molecule has 0 aliphatic heterocycles. The van der Waals surface area contributed by atoms with Crippen LogP contribution in [0.15, 0.2) is 64.2 Å². The van der Waals surface area contributed by atoms with Crippen molar-refractivity contribution in [1.29, 1.82) is 0 Å². The first-order valence-electron chi connectivity index (χ1n) is 8.75. The number of methoxy groups -OCH3 is 1. The molecule has 0 amide bonds. The molecular weight excluding hydrogens is 374 g/mol. The Morgan fingerprint density at radius 2 is 1.71 bits per heavy atom. The van der Waals surface area contributed by atoms with Gasteiger partial charge in [0.25, 0.3) is 0 Å². The molecule has 0 N–H and O–H groups in total. The number of hydrogen-bond acceptors (Lipinski definition) is 7. The summed E-state index contributed by atoms with van der Waals surface area (Å²) in [6.45, 7) is 2.00. The fourth-order valence-electron chi connectivity index (χ4n) is 2.79. The fraction of sp³-hybridized carbons (Fsp3) is 0.200. The Morgan fingerprint density at radius 1 is 0.964 bits per heavy atom. The summed E-state index contributed by atoms with van der Waals surface area (Å²) in [5.41, 5.74) is 1.79. The molecule has 2 heterocycles. The molecule has 0 fully saturated rings. The van der Waals surface area contributed by atoms with E-state index in [1.165, 1.54) is 11.8 Å². The van der Waals surface area contributed by atoms with Crippen LogP contribution in [0, 0.1) is 0 Å². The van der Waals surface area contributed by atoms with E-state index in [1.54, 1.807) is 7.11 Å². The quantitative estimate of drug-likeness (QED) is 0.449. The van der Waals surface area contributed by atoms with E-state index in [0.29, 0.717) is 11.8 Å². The number of thioether (sulfide) groups is 1. The molecule has 2 aromatic carbocycles. The highest BCUT2D eigenvalue weighted by Gasteiger charge is 2.21. The van der Waals surface area contributed by atoms with E-state index in [9.17, 15) is 0 Å². The molecule has 142 valence electrons. The average Bonchev–Trinajstić information content (AvgIpc) is 3.36. The number of hydrogen-bond donors (Lipinski definition) is 0. The van der Waals surface area contributed by atoms with Crippen molar-refractivity contribution in [3.63, 3.8) is 0 Å². The van der Waals surface area contributed by atoms with Crippen molar-refractivity contribution in [3.8, 4) is 28.6 Å². The van der Waals surface area contributed by atoms with Crippen molar-refractivity contribution in [2.75, 3.05) is 7.11 Å². The monoisotopic (exact) mass is 393 g/mol. The van der Waals surface area contributed by atoms with Gasteiger partial charge in [0.05, 0.1) is 17.9 Å². The van der Waals surface area contributed by atoms with Gasteiger partial charge in [0, 0.05) is 12.6 Å². The van der Waals surface area contributed by atoms with Crippen LogP contribution in [0.5, 0.6) is 5.75 Å². The van der Waals surface area contributed by atoms with Gasteiger partial charge < -0.3 is 13.7 Å². The fourth-order valence-corrected chi connectivity index (χ4v) is 3.63. The van der Waals surface area contributed by atoms with Gasteiger partial charge >= 0.3 is 0 Å². The molecule has 1 atom stereocenters. The maximum absolute atomic E-state index is 5.85. The van der Waals surface area contributed by atoms with Crippen LogP contribution in [0.25, 0.3) is 22.8 Å². The van der Waals surface area contributed by atoms with Gasteiger partial charge in [-0.15, -0.1) is 20.4 Å². The Labute approximate surface area is 166 Å². The van der Waals surface area contributed by atoms with E-state index < -0.39 is 0 Å². The summed E-state index contributed by atoms with van der Waals surface area (Å²) in [4.78, 5) is 0. The van der Waals surface area contributed by atoms with E-state index in [1.807, 2.05) is 73.1 Å². The lowest BCUT2D eigenvalue weighted by atomic mass is 10.2. The highest BCUT2D eigenvalue weighted by Crippen LogP contribution is 2.36. The number of benzene rings is 2. The molecule has 0 aliphatic rings. The molecule has 28 heavy (non-hydrogen) atoms. The lowest BCUT2D eigenvalue weighted by Gasteiger charge is -2.09. The Kier molecular flexibility index (Phi) is 5.12. The molecule has 4 aromatic rings. The van der Waals surface area contributed by atoms with Crippen molar-refractivity contribution in [2.45, 2.75) is 17.3 Å². The van der Waals surface area contributed by atoms with E-state index in [-0.39, 0.29) is 5.25 Å². The van der Waals surface area contributed by atoms with Gasteiger partial charge in [-0.3, -0.25) is 0 Å². The maximum Gasteiger partial charge on any atom is 0.247 e. The molecule has 4 rings (SSSR count). The summed E-state index contributed by atoms with van der Waals surface area (Å²) in [5, 5.41) is 17.7. The zero-order valence-corrected chi connectivity index (χ0v) is 16.6. The van der Waals surface area contributed by atoms with Crippen molar-refractivity contribution < 1.29 is 9.15 Å². The Hall–Kier alpha value is -3.13. The summed E-state index contributed by atoms with van der Waals surface area (Å²) in [7, 11) is 3.58. The minimum absolute atomic E-state index is 0.0709. The standard InChI is InChI=1S/C20H19N5O2S/c1-13(18-22-23-19(27-18)14-9-5-4-6-10-14)28-20-24-21-17(25(20)2)15-11-7-8-12-16(15)26-3/h4-13H,1-3H3. The third-order valence-electron chi connectivity index (χ3n) is 4.27. The summed E-state index contributed by atoms with van der Waals surface area (Å²) in [6.07, 6.45) is 0. The minimum Gasteiger partial charge on any atom is -0.496 e. The third kappa shape index (κ3) is 3.50. The predicted octanol–water partition coefficient (Wildman–Crippen LogP) is 4.39. The first-order chi connectivity index (χ1) is 13.7. The lowest BCUT2D eigenvalue weighted by molar-refractivity contribution is 0.416. The molecule has 0 radical (unpaired) electrons. The van der Waals surface area contributed by atoms with Gasteiger partial charge in [0.2, 0.25) is 11.8 Å². The molecule has 0 saturated heterocycles. The summed E-state index contributed by atoms with van der Waals surface area (Å²) in [6, 6.07) is 17.5. The second-order valence-electron chi connectivity index (χ2n) is 6.14. The van der Waals surface area contributed by atoms with E-state index in [2.05, 4.69) is 20.4 Å². The largest absolute Gasteiger partial charge is 0.496 e. The maximum atomic E-state index is 5.85. The Bertz CT molecular complexity index is 1080. The van der Waals surface area contributed by atoms with Gasteiger partial charge in [-0.2, -0.15) is 0 Å². The van der Waals surface area contributed by atoms with Crippen LogP contribution in [0.4, 0.5) is 0 Å². The van der Waals surface area contributed by atoms with Gasteiger partial charge in [-0.05, 0) is 31.2 Å². The first-order valence-corrected chi connectivity index (χ1v) is 9.63. The van der Waals surface area contributed by atoms with Crippen LogP contribution in [-0.4, -0.2) is 32.1 Å². The highest BCUT2D eigenvalue weighted by molar-refractivity contribution is 7.99. The second kappa shape index (κ2) is 7.85. The summed E-state index contributed by atoms with van der Waals surface area (Å²) < 4.78 is 13.2. The molecule has 0 spiro atoms. The van der Waals surface area contributed by atoms with Crippen LogP contribution >= 0.6 is 11.8 Å². The third-order valence-corrected chi connectivity index (χ3v) is 5.40. The van der Waals surface area contributed by atoms with Crippen LogP contribution < -0.4 is 4.74 Å². The zero-order chi connectivity index (χ0) is 19.5. The average molecular weight is 393 g/mol. The topological polar surface area (TPSA) is 78.9 Å². The number of rotatable bonds is 6. The second-order valence-corrected chi connectivity index (χ2v) is 7.44. The van der Waals surface area contributed by atoms with Crippen LogP contribution in [-0.2, 0) is 7.05 Å². The Balaban J connectivity index is 1.55. The van der Waals surface area contributed by atoms with Crippen molar-refractivity contribution in [1.82, 2.24) is 25.0 Å². The van der Waals surface area contributed by atoms with Crippen LogP contribution in [0.2, 0.25) is 0 Å². The lowest BCUT2D eigenvalue weighted by Crippen LogP contribution is -1.98. The van der Waals surface area contributed by atoms with Gasteiger partial charge in [-0.1, -0.05) is 42.1 Å². The molecule has 8 heteroatoms. The molecule has 0 aliphatic carbocycles. The van der Waals surface area contributed by atoms with Gasteiger partial charge in [0.1, 0.15) is 5.75 Å². The van der Waals surface area contributed by atoms with E-state index in [0.717, 1.165) is 27.9 Å². The first kappa shape index (κ1) is 18.2. The Morgan fingerprint density at radius 3 is 2.50 bits per heavy atom. The van der Waals surface area contributed by atoms with Crippen LogP contribution in [0.3, 0.4) is 0 Å². The van der Waals surface area contributed by atoms with E-state index in [4.69, 9.17) is 9.15 Å². The highest BCUT2D eigenvalue weighted by atomic mass is 32.2. The molecule has 2 aromatic heterocycles. The molecule has 0 saturated carbocycles. The van der Waals surface area contributed by atoms with Gasteiger partial charge in [-0.25, -0.2) is 0 Å². The number of aromatic nitrogens is 5.